The third-order valence-corrected chi connectivity index (χ3v) is 3.57. The van der Waals surface area contributed by atoms with Gasteiger partial charge in [0.1, 0.15) is 0 Å². The van der Waals surface area contributed by atoms with Gasteiger partial charge in [0.2, 0.25) is 5.95 Å². The number of aromatic amines is 1. The topological polar surface area (TPSA) is 57.8 Å². The molecule has 0 spiro atoms. The predicted octanol–water partition coefficient (Wildman–Crippen LogP) is 2.52. The maximum Gasteiger partial charge on any atom is 0.255 e. The molecule has 0 atom stereocenters. The van der Waals surface area contributed by atoms with Gasteiger partial charge in [-0.05, 0) is 37.0 Å². The lowest BCUT2D eigenvalue weighted by molar-refractivity contribution is 0.898. The van der Waals surface area contributed by atoms with E-state index < -0.39 is 0 Å². The molecule has 5 heteroatoms. The molecule has 1 aromatic heterocycles. The van der Waals surface area contributed by atoms with Crippen LogP contribution < -0.4 is 10.9 Å². The summed E-state index contributed by atoms with van der Waals surface area (Å²) in [6, 6.07) is 7.58. The number of benzene rings is 1. The van der Waals surface area contributed by atoms with Crippen molar-refractivity contribution >= 4 is 17.5 Å². The van der Waals surface area contributed by atoms with Gasteiger partial charge in [-0.3, -0.25) is 9.78 Å². The number of aryl methyl sites for hydroxylation is 1. The molecular formula is C14H14ClN3O. The normalized spacial score (nSPS) is 13.3. The second-order valence-electron chi connectivity index (χ2n) is 4.67. The number of rotatable bonds is 3. The Hall–Kier alpha value is -1.81. The zero-order valence-corrected chi connectivity index (χ0v) is 11.1. The molecule has 19 heavy (non-hydrogen) atoms. The molecule has 2 aromatic rings. The molecule has 1 aliphatic carbocycles. The summed E-state index contributed by atoms with van der Waals surface area (Å²) in [7, 11) is 0. The Morgan fingerprint density at radius 1 is 1.26 bits per heavy atom. The van der Waals surface area contributed by atoms with Crippen molar-refractivity contribution in [1.29, 1.82) is 0 Å². The highest BCUT2D eigenvalue weighted by atomic mass is 35.5. The van der Waals surface area contributed by atoms with Crippen LogP contribution in [0.2, 0.25) is 5.02 Å². The maximum absolute atomic E-state index is 11.8. The van der Waals surface area contributed by atoms with Crippen molar-refractivity contribution in [2.75, 3.05) is 5.32 Å². The van der Waals surface area contributed by atoms with Crippen molar-refractivity contribution < 1.29 is 0 Å². The van der Waals surface area contributed by atoms with Crippen LogP contribution >= 0.6 is 11.6 Å². The molecule has 98 valence electrons. The smallest absolute Gasteiger partial charge is 0.255 e. The first-order chi connectivity index (χ1) is 9.22. The van der Waals surface area contributed by atoms with Gasteiger partial charge in [0.15, 0.2) is 0 Å². The van der Waals surface area contributed by atoms with Crippen molar-refractivity contribution in [3.8, 4) is 0 Å². The summed E-state index contributed by atoms with van der Waals surface area (Å²) in [6.45, 7) is 0.610. The average molecular weight is 276 g/mol. The van der Waals surface area contributed by atoms with Gasteiger partial charge in [-0.1, -0.05) is 23.7 Å². The molecule has 0 aliphatic heterocycles. The number of aromatic nitrogens is 2. The zero-order valence-electron chi connectivity index (χ0n) is 10.4. The van der Waals surface area contributed by atoms with E-state index in [1.54, 1.807) is 0 Å². The molecule has 0 unspecified atom stereocenters. The van der Waals surface area contributed by atoms with Crippen LogP contribution in [0.1, 0.15) is 23.2 Å². The molecule has 0 saturated heterocycles. The number of hydrogen-bond acceptors (Lipinski definition) is 3. The largest absolute Gasteiger partial charge is 0.352 e. The number of anilines is 1. The van der Waals surface area contributed by atoms with Gasteiger partial charge in [0.25, 0.3) is 5.56 Å². The third kappa shape index (κ3) is 2.63. The Kier molecular flexibility index (Phi) is 3.25. The van der Waals surface area contributed by atoms with Gasteiger partial charge < -0.3 is 5.32 Å². The molecule has 1 aliphatic rings. The summed E-state index contributed by atoms with van der Waals surface area (Å²) in [5, 5.41) is 3.86. The summed E-state index contributed by atoms with van der Waals surface area (Å²) in [5.41, 5.74) is 2.85. The number of hydrogen-bond donors (Lipinski definition) is 2. The maximum atomic E-state index is 11.8. The first-order valence-electron chi connectivity index (χ1n) is 6.33. The van der Waals surface area contributed by atoms with E-state index in [-0.39, 0.29) is 5.56 Å². The van der Waals surface area contributed by atoms with Crippen LogP contribution in [0.4, 0.5) is 5.95 Å². The van der Waals surface area contributed by atoms with Gasteiger partial charge in [-0.2, -0.15) is 0 Å². The summed E-state index contributed by atoms with van der Waals surface area (Å²) >= 11 is 5.83. The van der Waals surface area contributed by atoms with E-state index in [9.17, 15) is 4.79 Å². The fourth-order valence-electron chi connectivity index (χ4n) is 2.31. The molecule has 0 radical (unpaired) electrons. The summed E-state index contributed by atoms with van der Waals surface area (Å²) in [4.78, 5) is 19.1. The summed E-state index contributed by atoms with van der Waals surface area (Å²) in [6.07, 6.45) is 2.76. The second kappa shape index (κ2) is 5.05. The van der Waals surface area contributed by atoms with E-state index in [0.29, 0.717) is 17.5 Å². The SMILES string of the molecule is O=c1[nH]c(NCc2ccc(Cl)cc2)nc2c1CCC2. The monoisotopic (exact) mass is 275 g/mol. The molecule has 4 nitrogen and oxygen atoms in total. The van der Waals surface area contributed by atoms with Gasteiger partial charge in [-0.25, -0.2) is 4.98 Å². The van der Waals surface area contributed by atoms with Crippen LogP contribution in [-0.2, 0) is 19.4 Å². The average Bonchev–Trinajstić information content (AvgIpc) is 2.87. The second-order valence-corrected chi connectivity index (χ2v) is 5.11. The molecule has 1 heterocycles. The van der Waals surface area contributed by atoms with Crippen molar-refractivity contribution in [3.63, 3.8) is 0 Å². The minimum atomic E-state index is -0.0129. The van der Waals surface area contributed by atoms with Crippen molar-refractivity contribution in [3.05, 3.63) is 56.5 Å². The fourth-order valence-corrected chi connectivity index (χ4v) is 2.44. The molecular weight excluding hydrogens is 262 g/mol. The molecule has 0 amide bonds. The van der Waals surface area contributed by atoms with Gasteiger partial charge >= 0.3 is 0 Å². The highest BCUT2D eigenvalue weighted by Crippen LogP contribution is 2.17. The Balaban J connectivity index is 1.75. The van der Waals surface area contributed by atoms with E-state index in [1.807, 2.05) is 24.3 Å². The van der Waals surface area contributed by atoms with Crippen LogP contribution in [0.3, 0.4) is 0 Å². The van der Waals surface area contributed by atoms with E-state index in [1.165, 1.54) is 0 Å². The quantitative estimate of drug-likeness (QED) is 0.905. The van der Waals surface area contributed by atoms with Crippen LogP contribution in [-0.4, -0.2) is 9.97 Å². The predicted molar refractivity (Wildman–Crippen MR) is 75.7 cm³/mol. The standard InChI is InChI=1S/C14H14ClN3O/c15-10-6-4-9(5-7-10)8-16-14-17-12-3-1-2-11(12)13(19)18-14/h4-7H,1-3,8H2,(H2,16,17,18,19). The van der Waals surface area contributed by atoms with E-state index in [0.717, 1.165) is 36.1 Å². The van der Waals surface area contributed by atoms with E-state index in [2.05, 4.69) is 15.3 Å². The Morgan fingerprint density at radius 2 is 2.05 bits per heavy atom. The zero-order chi connectivity index (χ0) is 13.2. The minimum Gasteiger partial charge on any atom is -0.352 e. The van der Waals surface area contributed by atoms with E-state index >= 15 is 0 Å². The minimum absolute atomic E-state index is 0.0129. The highest BCUT2D eigenvalue weighted by Gasteiger charge is 2.16. The van der Waals surface area contributed by atoms with Crippen LogP contribution in [0.25, 0.3) is 0 Å². The Labute approximate surface area is 115 Å². The molecule has 2 N–H and O–H groups in total. The number of H-pyrrole nitrogens is 1. The lowest BCUT2D eigenvalue weighted by Crippen LogP contribution is -2.17. The van der Waals surface area contributed by atoms with Gasteiger partial charge in [0, 0.05) is 17.1 Å². The fraction of sp³-hybridized carbons (Fsp3) is 0.286. The first kappa shape index (κ1) is 12.2. The van der Waals surface area contributed by atoms with Crippen LogP contribution in [0, 0.1) is 0 Å². The molecule has 3 rings (SSSR count). The van der Waals surface area contributed by atoms with Gasteiger partial charge in [0.05, 0.1) is 5.69 Å². The van der Waals surface area contributed by atoms with Gasteiger partial charge in [-0.15, -0.1) is 0 Å². The third-order valence-electron chi connectivity index (χ3n) is 3.31. The van der Waals surface area contributed by atoms with Crippen molar-refractivity contribution in [2.24, 2.45) is 0 Å². The molecule has 0 bridgehead atoms. The van der Waals surface area contributed by atoms with Crippen molar-refractivity contribution in [1.82, 2.24) is 9.97 Å². The lowest BCUT2D eigenvalue weighted by atomic mass is 10.2. The number of nitrogens with zero attached hydrogens (tertiary/aromatic N) is 1. The molecule has 1 aromatic carbocycles. The highest BCUT2D eigenvalue weighted by molar-refractivity contribution is 6.30. The number of nitrogens with one attached hydrogen (secondary N) is 2. The molecule has 0 fully saturated rings. The lowest BCUT2D eigenvalue weighted by Gasteiger charge is -2.07. The Morgan fingerprint density at radius 3 is 2.84 bits per heavy atom. The molecule has 0 saturated carbocycles. The first-order valence-corrected chi connectivity index (χ1v) is 6.70. The Bertz CT molecular complexity index is 649. The van der Waals surface area contributed by atoms with Crippen molar-refractivity contribution in [2.45, 2.75) is 25.8 Å². The summed E-state index contributed by atoms with van der Waals surface area (Å²) in [5.74, 6) is 0.542. The van der Waals surface area contributed by atoms with Crippen LogP contribution in [0.15, 0.2) is 29.1 Å². The van der Waals surface area contributed by atoms with E-state index in [4.69, 9.17) is 11.6 Å². The number of halogens is 1. The number of fused-ring (bicyclic) bond motifs is 1. The summed E-state index contributed by atoms with van der Waals surface area (Å²) < 4.78 is 0. The van der Waals surface area contributed by atoms with Crippen LogP contribution in [0.5, 0.6) is 0 Å².